The molecule has 0 saturated heterocycles. The van der Waals surface area contributed by atoms with E-state index in [4.69, 9.17) is 0 Å². The Labute approximate surface area is 189 Å². The van der Waals surface area contributed by atoms with Gasteiger partial charge in [0.15, 0.2) is 0 Å². The Morgan fingerprint density at radius 2 is 1.62 bits per heavy atom. The fourth-order valence-electron chi connectivity index (χ4n) is 3.38. The molecule has 0 heterocycles. The molecule has 2 rings (SSSR count). The molecule has 0 bridgehead atoms. The van der Waals surface area contributed by atoms with Gasteiger partial charge in [0.25, 0.3) is 0 Å². The van der Waals surface area contributed by atoms with Crippen LogP contribution in [0.2, 0.25) is 0 Å². The topological polar surface area (TPSA) is 86.8 Å². The van der Waals surface area contributed by atoms with Gasteiger partial charge in [-0.1, -0.05) is 44.2 Å². The zero-order valence-corrected chi connectivity index (χ0v) is 19.8. The average molecular weight is 464 g/mol. The van der Waals surface area contributed by atoms with Gasteiger partial charge in [-0.3, -0.25) is 13.9 Å². The van der Waals surface area contributed by atoms with Crippen molar-refractivity contribution in [2.75, 3.05) is 24.2 Å². The van der Waals surface area contributed by atoms with Gasteiger partial charge in [-0.25, -0.2) is 12.8 Å². The Morgan fingerprint density at radius 1 is 1.03 bits per heavy atom. The predicted molar refractivity (Wildman–Crippen MR) is 123 cm³/mol. The van der Waals surface area contributed by atoms with Crippen LogP contribution in [0, 0.1) is 5.82 Å². The highest BCUT2D eigenvalue weighted by Crippen LogP contribution is 2.29. The van der Waals surface area contributed by atoms with Crippen LogP contribution in [0.5, 0.6) is 0 Å². The molecule has 0 aromatic heterocycles. The van der Waals surface area contributed by atoms with E-state index in [0.717, 1.165) is 16.1 Å². The van der Waals surface area contributed by atoms with Gasteiger partial charge in [-0.15, -0.1) is 0 Å². The largest absolute Gasteiger partial charge is 0.357 e. The number of anilines is 1. The summed E-state index contributed by atoms with van der Waals surface area (Å²) in [5.41, 5.74) is 1.83. The minimum Gasteiger partial charge on any atom is -0.357 e. The van der Waals surface area contributed by atoms with Gasteiger partial charge >= 0.3 is 0 Å². The number of rotatable bonds is 9. The first-order valence-corrected chi connectivity index (χ1v) is 12.1. The highest BCUT2D eigenvalue weighted by molar-refractivity contribution is 7.92. The van der Waals surface area contributed by atoms with E-state index in [1.165, 1.54) is 36.2 Å². The number of carbonyl (C=O) groups is 2. The summed E-state index contributed by atoms with van der Waals surface area (Å²) < 4.78 is 39.7. The third kappa shape index (κ3) is 6.29. The number of hydrogen-bond acceptors (Lipinski definition) is 4. The van der Waals surface area contributed by atoms with E-state index < -0.39 is 40.2 Å². The molecule has 0 saturated carbocycles. The number of likely N-dealkylation sites (N-methyl/N-ethyl adjacent to an activating group) is 1. The normalized spacial score (nSPS) is 12.3. The maximum absolute atomic E-state index is 13.4. The summed E-state index contributed by atoms with van der Waals surface area (Å²) in [5.74, 6) is -1.33. The molecule has 0 aliphatic rings. The molecular weight excluding hydrogens is 433 g/mol. The van der Waals surface area contributed by atoms with Gasteiger partial charge in [0.1, 0.15) is 18.4 Å². The second kappa shape index (κ2) is 10.6. The zero-order valence-electron chi connectivity index (χ0n) is 19.0. The average Bonchev–Trinajstić information content (AvgIpc) is 2.75. The van der Waals surface area contributed by atoms with Crippen LogP contribution in [0.1, 0.15) is 37.8 Å². The fraction of sp³-hybridized carbons (Fsp3) is 0.391. The second-order valence-electron chi connectivity index (χ2n) is 7.92. The van der Waals surface area contributed by atoms with Gasteiger partial charge in [-0.05, 0) is 42.2 Å². The van der Waals surface area contributed by atoms with Gasteiger partial charge in [0.05, 0.1) is 11.9 Å². The first kappa shape index (κ1) is 25.3. The number of nitrogens with zero attached hydrogens (tertiary/aromatic N) is 2. The lowest BCUT2D eigenvalue weighted by Gasteiger charge is -2.32. The van der Waals surface area contributed by atoms with Crippen molar-refractivity contribution in [3.63, 3.8) is 0 Å². The maximum atomic E-state index is 13.4. The number of halogens is 1. The van der Waals surface area contributed by atoms with E-state index in [-0.39, 0.29) is 12.5 Å². The molecule has 2 amide bonds. The van der Waals surface area contributed by atoms with Crippen LogP contribution in [0.4, 0.5) is 10.1 Å². The monoisotopic (exact) mass is 463 g/mol. The molecule has 1 N–H and O–H groups in total. The molecule has 0 aliphatic heterocycles. The molecule has 174 valence electrons. The van der Waals surface area contributed by atoms with Crippen LogP contribution in [-0.2, 0) is 26.2 Å². The van der Waals surface area contributed by atoms with Crippen molar-refractivity contribution in [2.24, 2.45) is 0 Å². The van der Waals surface area contributed by atoms with Crippen LogP contribution in [0.15, 0.2) is 48.5 Å². The Hall–Kier alpha value is -2.94. The van der Waals surface area contributed by atoms with Gasteiger partial charge < -0.3 is 10.2 Å². The molecule has 1 atom stereocenters. The Balaban J connectivity index is 2.44. The summed E-state index contributed by atoms with van der Waals surface area (Å²) >= 11 is 0. The van der Waals surface area contributed by atoms with Crippen LogP contribution >= 0.6 is 0 Å². The van der Waals surface area contributed by atoms with Crippen LogP contribution in [0.25, 0.3) is 0 Å². The zero-order chi connectivity index (χ0) is 24.1. The van der Waals surface area contributed by atoms with Crippen molar-refractivity contribution in [2.45, 2.75) is 39.3 Å². The van der Waals surface area contributed by atoms with Crippen molar-refractivity contribution >= 4 is 27.5 Å². The number of hydrogen-bond donors (Lipinski definition) is 1. The first-order valence-electron chi connectivity index (χ1n) is 10.3. The third-order valence-corrected chi connectivity index (χ3v) is 6.31. The van der Waals surface area contributed by atoms with E-state index in [1.54, 1.807) is 19.1 Å². The molecule has 0 spiro atoms. The second-order valence-corrected chi connectivity index (χ2v) is 9.83. The van der Waals surface area contributed by atoms with E-state index >= 15 is 0 Å². The van der Waals surface area contributed by atoms with Crippen molar-refractivity contribution in [1.82, 2.24) is 10.2 Å². The maximum Gasteiger partial charge on any atom is 0.244 e. The lowest BCUT2D eigenvalue weighted by molar-refractivity contribution is -0.139. The van der Waals surface area contributed by atoms with Gasteiger partial charge in [-0.2, -0.15) is 0 Å². The van der Waals surface area contributed by atoms with E-state index in [0.29, 0.717) is 11.3 Å². The van der Waals surface area contributed by atoms with E-state index in [1.807, 2.05) is 26.0 Å². The van der Waals surface area contributed by atoms with Crippen LogP contribution in [-0.4, -0.2) is 51.0 Å². The highest BCUT2D eigenvalue weighted by Gasteiger charge is 2.30. The number of amides is 2. The SMILES string of the molecule is CNC(=O)[C@H](C)N(Cc1ccc(F)cc1)C(=O)CN(c1ccccc1C(C)C)S(C)(=O)=O. The van der Waals surface area contributed by atoms with Crippen molar-refractivity contribution in [3.05, 3.63) is 65.5 Å². The quantitative estimate of drug-likeness (QED) is 0.620. The van der Waals surface area contributed by atoms with Crippen molar-refractivity contribution in [3.8, 4) is 0 Å². The molecule has 9 heteroatoms. The number of nitrogens with one attached hydrogen (secondary N) is 1. The summed E-state index contributed by atoms with van der Waals surface area (Å²) in [6.45, 7) is 5.00. The summed E-state index contributed by atoms with van der Waals surface area (Å²) in [6.07, 6.45) is 1.05. The standard InChI is InChI=1S/C23H30FN3O4S/c1-16(2)20-8-6-7-9-21(20)27(32(5,30)31)15-22(28)26(17(3)23(29)25-4)14-18-10-12-19(24)13-11-18/h6-13,16-17H,14-15H2,1-5H3,(H,25,29)/t17-/m0/s1. The Kier molecular flexibility index (Phi) is 8.38. The van der Waals surface area contributed by atoms with Crippen molar-refractivity contribution < 1.29 is 22.4 Å². The molecule has 0 unspecified atom stereocenters. The summed E-state index contributed by atoms with van der Waals surface area (Å²) in [4.78, 5) is 26.9. The molecule has 2 aromatic carbocycles. The number of carbonyl (C=O) groups excluding carboxylic acids is 2. The number of benzene rings is 2. The van der Waals surface area contributed by atoms with Crippen LogP contribution < -0.4 is 9.62 Å². The lowest BCUT2D eigenvalue weighted by atomic mass is 10.0. The number of para-hydroxylation sites is 1. The summed E-state index contributed by atoms with van der Waals surface area (Å²) in [5, 5.41) is 2.51. The molecule has 32 heavy (non-hydrogen) atoms. The van der Waals surface area contributed by atoms with Crippen molar-refractivity contribution in [1.29, 1.82) is 0 Å². The van der Waals surface area contributed by atoms with Gasteiger partial charge in [0.2, 0.25) is 21.8 Å². The smallest absolute Gasteiger partial charge is 0.244 e. The molecule has 0 radical (unpaired) electrons. The molecule has 7 nitrogen and oxygen atoms in total. The molecule has 0 aliphatic carbocycles. The van der Waals surface area contributed by atoms with Gasteiger partial charge in [0, 0.05) is 13.6 Å². The minimum atomic E-state index is -3.80. The molecule has 0 fully saturated rings. The Morgan fingerprint density at radius 3 is 2.16 bits per heavy atom. The molecular formula is C23H30FN3O4S. The summed E-state index contributed by atoms with van der Waals surface area (Å²) in [6, 6.07) is 11.7. The summed E-state index contributed by atoms with van der Waals surface area (Å²) in [7, 11) is -2.34. The van der Waals surface area contributed by atoms with E-state index in [2.05, 4.69) is 5.32 Å². The number of sulfonamides is 1. The third-order valence-electron chi connectivity index (χ3n) is 5.19. The van der Waals surface area contributed by atoms with Crippen LogP contribution in [0.3, 0.4) is 0 Å². The molecule has 2 aromatic rings. The Bertz CT molecular complexity index is 1060. The lowest BCUT2D eigenvalue weighted by Crippen LogP contribution is -2.50. The fourth-order valence-corrected chi connectivity index (χ4v) is 4.24. The first-order chi connectivity index (χ1) is 15.0. The minimum absolute atomic E-state index is 0.0249. The predicted octanol–water partition coefficient (Wildman–Crippen LogP) is 2.88. The highest BCUT2D eigenvalue weighted by atomic mass is 32.2. The van der Waals surface area contributed by atoms with E-state index in [9.17, 15) is 22.4 Å².